The van der Waals surface area contributed by atoms with Gasteiger partial charge < -0.3 is 15.2 Å². The summed E-state index contributed by atoms with van der Waals surface area (Å²) in [7, 11) is 3.28. The number of nitrogens with zero attached hydrogens (tertiary/aromatic N) is 2. The molecule has 2 aromatic rings. The molecule has 6 nitrogen and oxygen atoms in total. The van der Waals surface area contributed by atoms with Gasteiger partial charge in [-0.05, 0) is 31.9 Å². The zero-order valence-corrected chi connectivity index (χ0v) is 15.7. The van der Waals surface area contributed by atoms with Gasteiger partial charge >= 0.3 is 0 Å². The summed E-state index contributed by atoms with van der Waals surface area (Å²) < 4.78 is 6.76. The Bertz CT molecular complexity index is 745. The third-order valence-electron chi connectivity index (χ3n) is 4.94. The molecule has 1 amide bonds. The van der Waals surface area contributed by atoms with Crippen LogP contribution in [0.3, 0.4) is 0 Å². The van der Waals surface area contributed by atoms with E-state index in [-0.39, 0.29) is 11.3 Å². The van der Waals surface area contributed by atoms with Crippen LogP contribution in [-0.4, -0.2) is 34.4 Å². The predicted molar refractivity (Wildman–Crippen MR) is 97.2 cm³/mol. The number of amides is 1. The van der Waals surface area contributed by atoms with E-state index in [0.29, 0.717) is 18.0 Å². The Hall–Kier alpha value is -1.86. The number of aromatic nitrogens is 2. The van der Waals surface area contributed by atoms with E-state index in [0.717, 1.165) is 30.6 Å². The molecule has 7 heteroatoms. The first-order valence-electron chi connectivity index (χ1n) is 8.59. The Balaban J connectivity index is 1.77. The Morgan fingerprint density at radius 3 is 2.80 bits per heavy atom. The van der Waals surface area contributed by atoms with Crippen molar-refractivity contribution < 1.29 is 14.6 Å². The zero-order chi connectivity index (χ0) is 18.0. The first kappa shape index (κ1) is 17.9. The van der Waals surface area contributed by atoms with Crippen molar-refractivity contribution in [2.24, 2.45) is 7.05 Å². The van der Waals surface area contributed by atoms with Gasteiger partial charge in [0, 0.05) is 35.0 Å². The van der Waals surface area contributed by atoms with E-state index in [1.54, 1.807) is 36.2 Å². The smallest absolute Gasteiger partial charge is 0.258 e. The molecule has 1 aliphatic rings. The zero-order valence-electron chi connectivity index (χ0n) is 14.9. The van der Waals surface area contributed by atoms with Crippen LogP contribution in [0.25, 0.3) is 0 Å². The molecule has 25 heavy (non-hydrogen) atoms. The molecule has 1 saturated carbocycles. The lowest BCUT2D eigenvalue weighted by atomic mass is 9.84. The van der Waals surface area contributed by atoms with Gasteiger partial charge in [-0.2, -0.15) is 0 Å². The highest BCUT2D eigenvalue weighted by molar-refractivity contribution is 7.12. The quantitative estimate of drug-likeness (QED) is 0.827. The fourth-order valence-electron chi connectivity index (χ4n) is 3.54. The van der Waals surface area contributed by atoms with Crippen LogP contribution < -0.4 is 10.1 Å². The minimum atomic E-state index is -0.452. The fourth-order valence-corrected chi connectivity index (χ4v) is 4.73. The van der Waals surface area contributed by atoms with Gasteiger partial charge in [0.05, 0.1) is 13.2 Å². The molecule has 136 valence electrons. The SMILES string of the molecule is COc1nn(C)cc1C(=O)NCC1(c2ccc(C(C)O)s2)CCCC1. The van der Waals surface area contributed by atoms with Gasteiger partial charge in [0.25, 0.3) is 5.91 Å². The molecule has 0 bridgehead atoms. The van der Waals surface area contributed by atoms with Gasteiger partial charge in [-0.3, -0.25) is 9.48 Å². The molecule has 0 radical (unpaired) electrons. The molecule has 2 N–H and O–H groups in total. The standard InChI is InChI=1S/C18H25N3O3S/c1-12(22)14-6-7-15(25-14)18(8-4-5-9-18)11-19-16(23)13-10-21(2)20-17(13)24-3/h6-7,10,12,22H,4-5,8-9,11H2,1-3H3,(H,19,23). The van der Waals surface area contributed by atoms with Gasteiger partial charge in [0.2, 0.25) is 5.88 Å². The number of nitrogens with one attached hydrogen (secondary N) is 1. The highest BCUT2D eigenvalue weighted by Crippen LogP contribution is 2.44. The number of carbonyl (C=O) groups is 1. The molecule has 1 atom stereocenters. The van der Waals surface area contributed by atoms with Crippen molar-refractivity contribution in [3.63, 3.8) is 0 Å². The third kappa shape index (κ3) is 3.57. The summed E-state index contributed by atoms with van der Waals surface area (Å²) in [5.41, 5.74) is 0.414. The van der Waals surface area contributed by atoms with Crippen LogP contribution in [-0.2, 0) is 12.5 Å². The van der Waals surface area contributed by atoms with Crippen molar-refractivity contribution in [1.82, 2.24) is 15.1 Å². The molecule has 0 spiro atoms. The lowest BCUT2D eigenvalue weighted by Gasteiger charge is -2.28. The number of aliphatic hydroxyl groups excluding tert-OH is 1. The highest BCUT2D eigenvalue weighted by atomic mass is 32.1. The molecule has 2 aromatic heterocycles. The Labute approximate surface area is 151 Å². The average Bonchev–Trinajstić information content (AvgIpc) is 3.31. The van der Waals surface area contributed by atoms with E-state index in [2.05, 4.69) is 16.5 Å². The monoisotopic (exact) mass is 363 g/mol. The van der Waals surface area contributed by atoms with Crippen LogP contribution in [0, 0.1) is 0 Å². The lowest BCUT2D eigenvalue weighted by molar-refractivity contribution is 0.0940. The second-order valence-electron chi connectivity index (χ2n) is 6.77. The summed E-state index contributed by atoms with van der Waals surface area (Å²) in [5, 5.41) is 17.0. The second-order valence-corrected chi connectivity index (χ2v) is 7.89. The largest absolute Gasteiger partial charge is 0.479 e. The average molecular weight is 363 g/mol. The molecule has 0 aromatic carbocycles. The van der Waals surface area contributed by atoms with E-state index in [9.17, 15) is 9.90 Å². The molecule has 3 rings (SSSR count). The van der Waals surface area contributed by atoms with Crippen LogP contribution in [0.1, 0.15) is 58.8 Å². The number of aliphatic hydroxyl groups is 1. The number of aryl methyl sites for hydroxylation is 1. The topological polar surface area (TPSA) is 76.4 Å². The number of carbonyl (C=O) groups excluding carboxylic acids is 1. The van der Waals surface area contributed by atoms with Gasteiger partial charge in [-0.15, -0.1) is 16.4 Å². The predicted octanol–water partition coefficient (Wildman–Crippen LogP) is 2.79. The maximum Gasteiger partial charge on any atom is 0.258 e. The Morgan fingerprint density at radius 2 is 2.20 bits per heavy atom. The Morgan fingerprint density at radius 1 is 1.48 bits per heavy atom. The van der Waals surface area contributed by atoms with Gasteiger partial charge in [-0.1, -0.05) is 12.8 Å². The van der Waals surface area contributed by atoms with Gasteiger partial charge in [-0.25, -0.2) is 0 Å². The summed E-state index contributed by atoms with van der Waals surface area (Å²) >= 11 is 1.65. The summed E-state index contributed by atoms with van der Waals surface area (Å²) in [6.45, 7) is 2.37. The highest BCUT2D eigenvalue weighted by Gasteiger charge is 2.37. The molecule has 0 aliphatic heterocycles. The van der Waals surface area contributed by atoms with Crippen molar-refractivity contribution in [2.75, 3.05) is 13.7 Å². The number of hydrogen-bond acceptors (Lipinski definition) is 5. The van der Waals surface area contributed by atoms with Gasteiger partial charge in [0.15, 0.2) is 0 Å². The van der Waals surface area contributed by atoms with Crippen LogP contribution in [0.5, 0.6) is 5.88 Å². The van der Waals surface area contributed by atoms with Crippen molar-refractivity contribution >= 4 is 17.2 Å². The minimum Gasteiger partial charge on any atom is -0.479 e. The van der Waals surface area contributed by atoms with Gasteiger partial charge in [0.1, 0.15) is 5.56 Å². The Kier molecular flexibility index (Phi) is 5.15. The van der Waals surface area contributed by atoms with E-state index in [4.69, 9.17) is 4.74 Å². The van der Waals surface area contributed by atoms with Crippen LogP contribution in [0.15, 0.2) is 18.3 Å². The molecule has 2 heterocycles. The van der Waals surface area contributed by atoms with Crippen LogP contribution >= 0.6 is 11.3 Å². The second kappa shape index (κ2) is 7.17. The summed E-state index contributed by atoms with van der Waals surface area (Å²) in [5.74, 6) is 0.177. The molecule has 1 unspecified atom stereocenters. The summed E-state index contributed by atoms with van der Waals surface area (Å²) in [6.07, 6.45) is 5.65. The fraction of sp³-hybridized carbons (Fsp3) is 0.556. The molecule has 1 fully saturated rings. The molecular formula is C18H25N3O3S. The number of thiophene rings is 1. The number of hydrogen-bond donors (Lipinski definition) is 2. The van der Waals surface area contributed by atoms with Crippen molar-refractivity contribution in [3.8, 4) is 5.88 Å². The van der Waals surface area contributed by atoms with E-state index >= 15 is 0 Å². The minimum absolute atomic E-state index is 0.0388. The number of rotatable bonds is 6. The van der Waals surface area contributed by atoms with E-state index in [1.165, 1.54) is 12.0 Å². The van der Waals surface area contributed by atoms with E-state index in [1.807, 2.05) is 6.07 Å². The molecule has 1 aliphatic carbocycles. The number of ether oxygens (including phenoxy) is 1. The number of methoxy groups -OCH3 is 1. The van der Waals surface area contributed by atoms with Crippen molar-refractivity contribution in [1.29, 1.82) is 0 Å². The third-order valence-corrected chi connectivity index (χ3v) is 6.44. The van der Waals surface area contributed by atoms with Crippen LogP contribution in [0.4, 0.5) is 0 Å². The van der Waals surface area contributed by atoms with E-state index < -0.39 is 6.10 Å². The summed E-state index contributed by atoms with van der Waals surface area (Å²) in [4.78, 5) is 14.8. The first-order valence-corrected chi connectivity index (χ1v) is 9.41. The maximum absolute atomic E-state index is 12.6. The van der Waals surface area contributed by atoms with Crippen molar-refractivity contribution in [3.05, 3.63) is 33.6 Å². The van der Waals surface area contributed by atoms with Crippen molar-refractivity contribution in [2.45, 2.75) is 44.1 Å². The molecule has 0 saturated heterocycles. The molecular weight excluding hydrogens is 338 g/mol. The normalized spacial score (nSPS) is 17.4. The summed E-state index contributed by atoms with van der Waals surface area (Å²) in [6, 6.07) is 4.10. The maximum atomic E-state index is 12.6. The lowest BCUT2D eigenvalue weighted by Crippen LogP contribution is -2.38. The first-order chi connectivity index (χ1) is 11.9. The van der Waals surface area contributed by atoms with Crippen LogP contribution in [0.2, 0.25) is 0 Å².